The third-order valence-corrected chi connectivity index (χ3v) is 4.79. The molecule has 27 heavy (non-hydrogen) atoms. The van der Waals surface area contributed by atoms with Crippen LogP contribution in [0.2, 0.25) is 0 Å². The zero-order valence-electron chi connectivity index (χ0n) is 15.8. The fourth-order valence-electron chi connectivity index (χ4n) is 3.37. The molecule has 134 valence electrons. The Morgan fingerprint density at radius 3 is 2.48 bits per heavy atom. The summed E-state index contributed by atoms with van der Waals surface area (Å²) in [5.74, 6) is 0.835. The molecule has 0 aliphatic heterocycles. The molecule has 0 amide bonds. The number of aryl methyl sites for hydroxylation is 2. The third-order valence-electron chi connectivity index (χ3n) is 4.79. The van der Waals surface area contributed by atoms with Crippen molar-refractivity contribution in [3.63, 3.8) is 0 Å². The van der Waals surface area contributed by atoms with Crippen molar-refractivity contribution in [2.24, 2.45) is 4.99 Å². The van der Waals surface area contributed by atoms with Crippen LogP contribution in [0.3, 0.4) is 0 Å². The summed E-state index contributed by atoms with van der Waals surface area (Å²) >= 11 is 0. The summed E-state index contributed by atoms with van der Waals surface area (Å²) in [5, 5.41) is 1.10. The van der Waals surface area contributed by atoms with E-state index in [1.165, 1.54) is 11.1 Å². The number of rotatable bonds is 4. The first-order valence-corrected chi connectivity index (χ1v) is 9.02. The first-order valence-electron chi connectivity index (χ1n) is 9.02. The molecule has 0 unspecified atom stereocenters. The Bertz CT molecular complexity index is 1120. The zero-order valence-corrected chi connectivity index (χ0v) is 15.8. The smallest absolute Gasteiger partial charge is 0.119 e. The van der Waals surface area contributed by atoms with Gasteiger partial charge in [-0.15, -0.1) is 0 Å². The third kappa shape index (κ3) is 3.36. The lowest BCUT2D eigenvalue weighted by atomic mass is 10.1. The van der Waals surface area contributed by atoms with Crippen LogP contribution in [-0.2, 0) is 0 Å². The fourth-order valence-corrected chi connectivity index (χ4v) is 3.37. The van der Waals surface area contributed by atoms with Gasteiger partial charge < -0.3 is 9.72 Å². The largest absolute Gasteiger partial charge is 0.497 e. The van der Waals surface area contributed by atoms with Gasteiger partial charge in [0.25, 0.3) is 0 Å². The number of aliphatic imine (C=N–C) groups is 1. The second-order valence-electron chi connectivity index (χ2n) is 6.74. The Morgan fingerprint density at radius 2 is 1.74 bits per heavy atom. The van der Waals surface area contributed by atoms with Crippen LogP contribution in [0.1, 0.15) is 16.7 Å². The fraction of sp³-hybridized carbons (Fsp3) is 0.125. The van der Waals surface area contributed by atoms with E-state index in [0.717, 1.165) is 39.2 Å². The normalized spacial score (nSPS) is 11.4. The van der Waals surface area contributed by atoms with E-state index in [0.29, 0.717) is 0 Å². The number of methoxy groups -OCH3 is 1. The van der Waals surface area contributed by atoms with Gasteiger partial charge in [0.2, 0.25) is 0 Å². The molecule has 0 radical (unpaired) electrons. The molecule has 0 atom stereocenters. The summed E-state index contributed by atoms with van der Waals surface area (Å²) in [6, 6.07) is 22.7. The first-order chi connectivity index (χ1) is 13.2. The second-order valence-corrected chi connectivity index (χ2v) is 6.74. The molecule has 4 rings (SSSR count). The number of hydrogen-bond donors (Lipinski definition) is 1. The summed E-state index contributed by atoms with van der Waals surface area (Å²) in [6.07, 6.45) is 1.96. The van der Waals surface area contributed by atoms with E-state index in [9.17, 15) is 0 Å². The maximum absolute atomic E-state index is 5.43. The van der Waals surface area contributed by atoms with Gasteiger partial charge in [-0.25, -0.2) is 0 Å². The highest BCUT2D eigenvalue weighted by atomic mass is 16.5. The number of aromatic amines is 1. The van der Waals surface area contributed by atoms with E-state index in [1.54, 1.807) is 7.11 Å². The molecular formula is C24H22N2O. The SMILES string of the molecule is COc1ccc2[nH]c(-c3ccccc3)c(C=Nc3ccc(C)cc3C)c2c1. The van der Waals surface area contributed by atoms with Crippen LogP contribution in [-0.4, -0.2) is 18.3 Å². The van der Waals surface area contributed by atoms with Crippen molar-refractivity contribution in [2.45, 2.75) is 13.8 Å². The molecule has 0 spiro atoms. The van der Waals surface area contributed by atoms with Crippen molar-refractivity contribution in [3.05, 3.63) is 83.4 Å². The number of nitrogens with zero attached hydrogens (tertiary/aromatic N) is 1. The molecule has 0 fully saturated rings. The van der Waals surface area contributed by atoms with Gasteiger partial charge in [-0.1, -0.05) is 48.0 Å². The minimum Gasteiger partial charge on any atom is -0.497 e. The van der Waals surface area contributed by atoms with Crippen molar-refractivity contribution >= 4 is 22.8 Å². The Hall–Kier alpha value is -3.33. The van der Waals surface area contributed by atoms with Crippen molar-refractivity contribution < 1.29 is 4.74 Å². The standard InChI is InChI=1S/C24H22N2O/c1-16-9-11-22(17(2)13-16)25-15-21-20-14-19(27-3)10-12-23(20)26-24(21)18-7-5-4-6-8-18/h4-15,26H,1-3H3. The summed E-state index contributed by atoms with van der Waals surface area (Å²) in [7, 11) is 1.69. The second kappa shape index (κ2) is 7.12. The molecule has 0 aliphatic carbocycles. The van der Waals surface area contributed by atoms with E-state index in [1.807, 2.05) is 30.5 Å². The Labute approximate surface area is 159 Å². The summed E-state index contributed by atoms with van der Waals surface area (Å²) in [4.78, 5) is 8.34. The molecule has 0 saturated carbocycles. The van der Waals surface area contributed by atoms with Gasteiger partial charge in [-0.05, 0) is 49.2 Å². The van der Waals surface area contributed by atoms with Crippen LogP contribution >= 0.6 is 0 Å². The number of aromatic nitrogens is 1. The first kappa shape index (κ1) is 17.1. The minimum absolute atomic E-state index is 0.835. The monoisotopic (exact) mass is 354 g/mol. The van der Waals surface area contributed by atoms with E-state index in [-0.39, 0.29) is 0 Å². The van der Waals surface area contributed by atoms with Gasteiger partial charge >= 0.3 is 0 Å². The summed E-state index contributed by atoms with van der Waals surface area (Å²) < 4.78 is 5.43. The average molecular weight is 354 g/mol. The maximum Gasteiger partial charge on any atom is 0.119 e. The van der Waals surface area contributed by atoms with Crippen LogP contribution in [0.4, 0.5) is 5.69 Å². The van der Waals surface area contributed by atoms with Gasteiger partial charge in [0, 0.05) is 22.7 Å². The van der Waals surface area contributed by atoms with Gasteiger partial charge in [0.05, 0.1) is 18.5 Å². The molecular weight excluding hydrogens is 332 g/mol. The van der Waals surface area contributed by atoms with Crippen LogP contribution in [0, 0.1) is 13.8 Å². The van der Waals surface area contributed by atoms with Crippen LogP contribution < -0.4 is 4.74 Å². The summed E-state index contributed by atoms with van der Waals surface area (Å²) in [5.41, 5.74) is 7.73. The topological polar surface area (TPSA) is 37.4 Å². The highest BCUT2D eigenvalue weighted by Crippen LogP contribution is 2.32. The van der Waals surface area contributed by atoms with Crippen molar-refractivity contribution in [1.82, 2.24) is 4.98 Å². The van der Waals surface area contributed by atoms with Crippen molar-refractivity contribution in [3.8, 4) is 17.0 Å². The zero-order chi connectivity index (χ0) is 18.8. The molecule has 3 nitrogen and oxygen atoms in total. The molecule has 4 aromatic rings. The predicted octanol–water partition coefficient (Wildman–Crippen LogP) is 6.21. The van der Waals surface area contributed by atoms with E-state index in [4.69, 9.17) is 9.73 Å². The Balaban J connectivity index is 1.89. The molecule has 0 aliphatic rings. The average Bonchev–Trinajstić information content (AvgIpc) is 3.05. The number of fused-ring (bicyclic) bond motifs is 1. The van der Waals surface area contributed by atoms with E-state index >= 15 is 0 Å². The lowest BCUT2D eigenvalue weighted by Crippen LogP contribution is -1.87. The molecule has 1 aromatic heterocycles. The van der Waals surface area contributed by atoms with Gasteiger partial charge in [-0.2, -0.15) is 0 Å². The Morgan fingerprint density at radius 1 is 0.926 bits per heavy atom. The van der Waals surface area contributed by atoms with Gasteiger partial charge in [0.15, 0.2) is 0 Å². The van der Waals surface area contributed by atoms with E-state index in [2.05, 4.69) is 61.3 Å². The van der Waals surface area contributed by atoms with Crippen LogP contribution in [0.5, 0.6) is 5.75 Å². The van der Waals surface area contributed by atoms with Crippen molar-refractivity contribution in [2.75, 3.05) is 7.11 Å². The number of hydrogen-bond acceptors (Lipinski definition) is 2. The minimum atomic E-state index is 0.835. The van der Waals surface area contributed by atoms with Crippen LogP contribution in [0.25, 0.3) is 22.2 Å². The molecule has 0 saturated heterocycles. The molecule has 3 aromatic carbocycles. The quantitative estimate of drug-likeness (QED) is 0.435. The molecule has 1 N–H and O–H groups in total. The number of ether oxygens (including phenoxy) is 1. The number of H-pyrrole nitrogens is 1. The Kier molecular flexibility index (Phi) is 4.51. The van der Waals surface area contributed by atoms with Crippen molar-refractivity contribution in [1.29, 1.82) is 0 Å². The molecule has 0 bridgehead atoms. The highest BCUT2D eigenvalue weighted by molar-refractivity contribution is 6.06. The highest BCUT2D eigenvalue weighted by Gasteiger charge is 2.12. The molecule has 3 heteroatoms. The van der Waals surface area contributed by atoms with Gasteiger partial charge in [-0.3, -0.25) is 4.99 Å². The maximum atomic E-state index is 5.43. The molecule has 1 heterocycles. The number of benzene rings is 3. The summed E-state index contributed by atoms with van der Waals surface area (Å²) in [6.45, 7) is 4.19. The van der Waals surface area contributed by atoms with Crippen LogP contribution in [0.15, 0.2) is 71.7 Å². The predicted molar refractivity (Wildman–Crippen MR) is 113 cm³/mol. The van der Waals surface area contributed by atoms with Gasteiger partial charge in [0.1, 0.15) is 5.75 Å². The lowest BCUT2D eigenvalue weighted by molar-refractivity contribution is 0.415. The number of nitrogens with one attached hydrogen (secondary N) is 1. The lowest BCUT2D eigenvalue weighted by Gasteiger charge is -2.03. The van der Waals surface area contributed by atoms with E-state index < -0.39 is 0 Å².